The summed E-state index contributed by atoms with van der Waals surface area (Å²) in [6.07, 6.45) is 5.23. The number of hydrogen-bond donors (Lipinski definition) is 1. The van der Waals surface area contributed by atoms with E-state index in [0.717, 1.165) is 47.3 Å². The molecule has 0 radical (unpaired) electrons. The Bertz CT molecular complexity index is 1460. The molecule has 0 fully saturated rings. The van der Waals surface area contributed by atoms with E-state index in [1.165, 1.54) is 18.3 Å². The molecule has 2 aliphatic rings. The van der Waals surface area contributed by atoms with Crippen LogP contribution in [0.4, 0.5) is 14.6 Å². The molecule has 35 heavy (non-hydrogen) atoms. The van der Waals surface area contributed by atoms with Crippen molar-refractivity contribution in [1.29, 1.82) is 0 Å². The van der Waals surface area contributed by atoms with Crippen LogP contribution in [0.25, 0.3) is 22.4 Å². The van der Waals surface area contributed by atoms with Gasteiger partial charge in [-0.3, -0.25) is 4.68 Å². The molecule has 6 nitrogen and oxygen atoms in total. The van der Waals surface area contributed by atoms with Gasteiger partial charge in [-0.2, -0.15) is 9.49 Å². The summed E-state index contributed by atoms with van der Waals surface area (Å²) in [4.78, 5) is 8.39. The van der Waals surface area contributed by atoms with E-state index in [4.69, 9.17) is 15.6 Å². The van der Waals surface area contributed by atoms with Crippen molar-refractivity contribution in [1.82, 2.24) is 19.7 Å². The van der Waals surface area contributed by atoms with Crippen LogP contribution in [-0.4, -0.2) is 19.7 Å². The molecule has 3 aromatic heterocycles. The van der Waals surface area contributed by atoms with Crippen LogP contribution in [0.15, 0.2) is 42.7 Å². The number of nitrogen functional groups attached to an aromatic ring is 1. The van der Waals surface area contributed by atoms with Crippen molar-refractivity contribution >= 4 is 5.82 Å². The summed E-state index contributed by atoms with van der Waals surface area (Å²) in [5.74, 6) is -0.491. The number of aryl methyl sites for hydroxylation is 2. The van der Waals surface area contributed by atoms with E-state index >= 15 is 4.39 Å². The van der Waals surface area contributed by atoms with E-state index in [9.17, 15) is 4.39 Å². The quantitative estimate of drug-likeness (QED) is 0.353. The third kappa shape index (κ3) is 3.38. The monoisotopic (exact) mass is 473 g/mol. The molecule has 1 unspecified atom stereocenters. The normalized spacial score (nSPS) is 18.4. The Morgan fingerprint density at radius 3 is 2.83 bits per heavy atom. The number of halogens is 2. The van der Waals surface area contributed by atoms with Crippen LogP contribution in [0.2, 0.25) is 0 Å². The Balaban J connectivity index is 1.74. The van der Waals surface area contributed by atoms with Gasteiger partial charge in [-0.1, -0.05) is 6.07 Å². The second kappa shape index (κ2) is 8.15. The van der Waals surface area contributed by atoms with Crippen molar-refractivity contribution in [2.75, 3.05) is 5.73 Å². The lowest BCUT2D eigenvalue weighted by atomic mass is 9.77. The zero-order valence-electron chi connectivity index (χ0n) is 19.6. The Kier molecular flexibility index (Phi) is 5.05. The Morgan fingerprint density at radius 2 is 2.00 bits per heavy atom. The van der Waals surface area contributed by atoms with Crippen LogP contribution in [0.3, 0.4) is 0 Å². The highest BCUT2D eigenvalue weighted by Crippen LogP contribution is 2.47. The largest absolute Gasteiger partial charge is 0.482 e. The molecule has 2 bridgehead atoms. The second-order valence-corrected chi connectivity index (χ2v) is 9.13. The first-order chi connectivity index (χ1) is 17.0. The van der Waals surface area contributed by atoms with Crippen LogP contribution in [0.1, 0.15) is 61.1 Å². The maximum atomic E-state index is 15.5. The molecule has 1 aliphatic carbocycles. The van der Waals surface area contributed by atoms with Crippen molar-refractivity contribution in [3.8, 4) is 28.1 Å². The zero-order valence-corrected chi connectivity index (χ0v) is 19.6. The van der Waals surface area contributed by atoms with E-state index in [1.54, 1.807) is 19.2 Å². The number of anilines is 1. The van der Waals surface area contributed by atoms with Crippen molar-refractivity contribution in [2.45, 2.75) is 51.7 Å². The number of hydrogen-bond acceptors (Lipinski definition) is 5. The Morgan fingerprint density at radius 1 is 1.14 bits per heavy atom. The highest BCUT2D eigenvalue weighted by Gasteiger charge is 2.34. The van der Waals surface area contributed by atoms with E-state index < -0.39 is 17.9 Å². The molecule has 1 aromatic carbocycles. The molecule has 2 atom stereocenters. The summed E-state index contributed by atoms with van der Waals surface area (Å²) in [6.45, 7) is 4.52. The van der Waals surface area contributed by atoms with Gasteiger partial charge in [-0.05, 0) is 68.5 Å². The van der Waals surface area contributed by atoms with E-state index in [0.29, 0.717) is 29.0 Å². The molecule has 0 amide bonds. The average molecular weight is 474 g/mol. The van der Waals surface area contributed by atoms with Crippen molar-refractivity contribution in [3.63, 3.8) is 0 Å². The summed E-state index contributed by atoms with van der Waals surface area (Å²) in [6, 6.07) is 8.10. The fourth-order valence-electron chi connectivity index (χ4n) is 5.58. The molecule has 4 heterocycles. The predicted octanol–water partition coefficient (Wildman–Crippen LogP) is 5.81. The highest BCUT2D eigenvalue weighted by molar-refractivity contribution is 5.76. The van der Waals surface area contributed by atoms with Gasteiger partial charge in [0, 0.05) is 47.1 Å². The topological polar surface area (TPSA) is 78.9 Å². The standard InChI is InChI=1S/C27H25F2N5O/c1-3-34-25-15-11-22(27(30)32-13-15)35-14(2)20-12-16(28)7-8-18(20)23-19(9-10-31-26(23)29)17-5-4-6-21(33-34)24(17)25/h7-14,17H,3-6H2,1-2H3,(H2,30,32)/t14-,17?/m1/s1. The summed E-state index contributed by atoms with van der Waals surface area (Å²) >= 11 is 0. The lowest BCUT2D eigenvalue weighted by molar-refractivity contribution is 0.227. The Hall–Kier alpha value is -3.81. The van der Waals surface area contributed by atoms with E-state index in [1.807, 2.05) is 23.7 Å². The second-order valence-electron chi connectivity index (χ2n) is 9.13. The number of benzene rings is 1. The molecule has 0 spiro atoms. The van der Waals surface area contributed by atoms with Gasteiger partial charge in [0.05, 0.1) is 11.4 Å². The first kappa shape index (κ1) is 21.7. The fourth-order valence-corrected chi connectivity index (χ4v) is 5.58. The summed E-state index contributed by atoms with van der Waals surface area (Å²) in [5.41, 5.74) is 12.3. The lowest BCUT2D eigenvalue weighted by Crippen LogP contribution is -2.15. The van der Waals surface area contributed by atoms with Crippen LogP contribution in [0, 0.1) is 11.8 Å². The molecule has 8 heteroatoms. The summed E-state index contributed by atoms with van der Waals surface area (Å²) < 4.78 is 38.2. The fraction of sp³-hybridized carbons (Fsp3) is 0.296. The number of nitrogens with two attached hydrogens (primary N) is 1. The maximum absolute atomic E-state index is 15.5. The highest BCUT2D eigenvalue weighted by atomic mass is 19.1. The van der Waals surface area contributed by atoms with Gasteiger partial charge < -0.3 is 10.5 Å². The van der Waals surface area contributed by atoms with Crippen LogP contribution >= 0.6 is 0 Å². The maximum Gasteiger partial charge on any atom is 0.221 e. The van der Waals surface area contributed by atoms with Gasteiger partial charge in [0.1, 0.15) is 11.9 Å². The predicted molar refractivity (Wildman–Crippen MR) is 129 cm³/mol. The molecule has 178 valence electrons. The lowest BCUT2D eigenvalue weighted by Gasteiger charge is -2.28. The summed E-state index contributed by atoms with van der Waals surface area (Å²) in [7, 11) is 0. The number of fused-ring (bicyclic) bond motifs is 7. The van der Waals surface area contributed by atoms with Gasteiger partial charge in [0.25, 0.3) is 0 Å². The van der Waals surface area contributed by atoms with Crippen molar-refractivity contribution in [2.24, 2.45) is 0 Å². The number of aromatic nitrogens is 4. The van der Waals surface area contributed by atoms with Gasteiger partial charge in [-0.15, -0.1) is 0 Å². The average Bonchev–Trinajstić information content (AvgIpc) is 3.24. The van der Waals surface area contributed by atoms with Crippen LogP contribution in [0.5, 0.6) is 5.75 Å². The minimum absolute atomic E-state index is 0.101. The van der Waals surface area contributed by atoms with E-state index in [-0.39, 0.29) is 11.7 Å². The molecule has 2 N–H and O–H groups in total. The van der Waals surface area contributed by atoms with Gasteiger partial charge in [-0.25, -0.2) is 14.4 Å². The molecule has 6 rings (SSSR count). The molecular weight excluding hydrogens is 448 g/mol. The number of nitrogens with zero attached hydrogens (tertiary/aromatic N) is 4. The minimum Gasteiger partial charge on any atom is -0.482 e. The van der Waals surface area contributed by atoms with Crippen LogP contribution in [-0.2, 0) is 13.0 Å². The Labute approximate surface area is 201 Å². The first-order valence-electron chi connectivity index (χ1n) is 11.9. The SMILES string of the molecule is CCn1nc2c3c1-c1cnc(N)c(c1)O[C@H](C)c1cc(F)ccc1-c1c(ccnc1F)C3CCC2. The number of rotatable bonds is 1. The molecular formula is C27H25F2N5O. The smallest absolute Gasteiger partial charge is 0.221 e. The zero-order chi connectivity index (χ0) is 24.3. The van der Waals surface area contributed by atoms with Crippen LogP contribution < -0.4 is 10.5 Å². The van der Waals surface area contributed by atoms with Gasteiger partial charge >= 0.3 is 0 Å². The number of ether oxygens (including phenoxy) is 1. The molecule has 1 aliphatic heterocycles. The summed E-state index contributed by atoms with van der Waals surface area (Å²) in [5, 5.41) is 4.92. The van der Waals surface area contributed by atoms with E-state index in [2.05, 4.69) is 9.97 Å². The minimum atomic E-state index is -0.621. The number of pyridine rings is 2. The molecule has 0 saturated heterocycles. The first-order valence-corrected chi connectivity index (χ1v) is 11.9. The molecule has 0 saturated carbocycles. The third-order valence-electron chi connectivity index (χ3n) is 7.11. The van der Waals surface area contributed by atoms with Crippen molar-refractivity contribution < 1.29 is 13.5 Å². The third-order valence-corrected chi connectivity index (χ3v) is 7.11. The van der Waals surface area contributed by atoms with Gasteiger partial charge in [0.15, 0.2) is 11.6 Å². The van der Waals surface area contributed by atoms with Gasteiger partial charge in [0.2, 0.25) is 5.95 Å². The molecule has 4 aromatic rings. The van der Waals surface area contributed by atoms with Crippen molar-refractivity contribution in [3.05, 3.63) is 76.9 Å².